The lowest BCUT2D eigenvalue weighted by molar-refractivity contribution is -0.377. The van der Waals surface area contributed by atoms with Crippen LogP contribution in [0.25, 0.3) is 0 Å². The minimum atomic E-state index is -4.27. The van der Waals surface area contributed by atoms with E-state index in [1.54, 1.807) is 48.5 Å². The summed E-state index contributed by atoms with van der Waals surface area (Å²) in [6.07, 6.45) is 9.81. The van der Waals surface area contributed by atoms with Gasteiger partial charge in [0.05, 0.1) is 26.9 Å². The number of hydrogen-bond acceptors (Lipinski definition) is 10. The minimum absolute atomic E-state index is 0.0879. The van der Waals surface area contributed by atoms with E-state index in [1.165, 1.54) is 30.7 Å². The van der Waals surface area contributed by atoms with Crippen LogP contribution in [0.3, 0.4) is 0 Å². The fourth-order valence-corrected chi connectivity index (χ4v) is 9.13. The Morgan fingerprint density at radius 1 is 0.585 bits per heavy atom. The first-order valence-electron chi connectivity index (χ1n) is 17.6. The summed E-state index contributed by atoms with van der Waals surface area (Å²) in [4.78, 5) is 3.13. The predicted molar refractivity (Wildman–Crippen MR) is 199 cm³/mol. The summed E-state index contributed by atoms with van der Waals surface area (Å²) in [5, 5.41) is 9.73. The van der Waals surface area contributed by atoms with Crippen LogP contribution in [0.4, 0.5) is 0 Å². The lowest BCUT2D eigenvalue weighted by atomic mass is 9.95. The second kappa shape index (κ2) is 19.2. The van der Waals surface area contributed by atoms with Gasteiger partial charge in [0.2, 0.25) is 0 Å². The number of aromatic nitrogens is 1. The number of fused-ring (bicyclic) bond motifs is 2. The SMILES string of the molecule is Cc1ccc(S(=O)(=O)OC2CC3CCC2C3)cc1.Cc1ccc(S(=O)(=O)OC2CCCCC2O)cc1.Cc1ccc(S(=O)(=O)[O-])cc1.c1cc[nH+]cc1. The molecule has 3 aliphatic carbocycles. The molecule has 1 heterocycles. The highest BCUT2D eigenvalue weighted by molar-refractivity contribution is 7.87. The Hall–Kier alpha value is -3.50. The van der Waals surface area contributed by atoms with Gasteiger partial charge in [0.1, 0.15) is 16.2 Å². The van der Waals surface area contributed by atoms with Crippen molar-refractivity contribution < 1.29 is 48.3 Å². The highest BCUT2D eigenvalue weighted by Gasteiger charge is 2.42. The quantitative estimate of drug-likeness (QED) is 0.165. The summed E-state index contributed by atoms with van der Waals surface area (Å²) in [5.41, 5.74) is 2.97. The molecule has 3 aromatic carbocycles. The molecule has 3 fully saturated rings. The van der Waals surface area contributed by atoms with Crippen molar-refractivity contribution in [3.63, 3.8) is 0 Å². The molecule has 2 bridgehead atoms. The highest BCUT2D eigenvalue weighted by Crippen LogP contribution is 2.46. The molecule has 1 aromatic heterocycles. The number of aliphatic hydroxyl groups excluding tert-OH is 1. The maximum absolute atomic E-state index is 12.2. The topological polar surface area (TPSA) is 178 Å². The summed E-state index contributed by atoms with van der Waals surface area (Å²) in [6, 6.07) is 25.0. The number of pyridine rings is 1. The molecule has 11 nitrogen and oxygen atoms in total. The molecule has 0 saturated heterocycles. The Balaban J connectivity index is 0.000000168. The average molecular weight is 788 g/mol. The van der Waals surface area contributed by atoms with E-state index >= 15 is 0 Å². The maximum Gasteiger partial charge on any atom is 0.297 e. The molecule has 5 atom stereocenters. The van der Waals surface area contributed by atoms with E-state index in [1.807, 2.05) is 51.4 Å². The molecule has 0 spiro atoms. The number of H-pyrrole nitrogens is 1. The molecular weight excluding hydrogens is 739 g/mol. The van der Waals surface area contributed by atoms with Crippen molar-refractivity contribution in [1.82, 2.24) is 0 Å². The van der Waals surface area contributed by atoms with Crippen molar-refractivity contribution in [2.24, 2.45) is 11.8 Å². The monoisotopic (exact) mass is 787 g/mol. The third-order valence-corrected chi connectivity index (χ3v) is 12.9. The number of nitrogens with one attached hydrogen (secondary N) is 1. The normalized spacial score (nSPS) is 22.2. The fourth-order valence-electron chi connectivity index (χ4n) is 6.39. The summed E-state index contributed by atoms with van der Waals surface area (Å²) in [7, 11) is -11.6. The van der Waals surface area contributed by atoms with Crippen LogP contribution in [0.1, 0.15) is 68.1 Å². The van der Waals surface area contributed by atoms with E-state index in [-0.39, 0.29) is 20.8 Å². The van der Waals surface area contributed by atoms with E-state index in [2.05, 4.69) is 4.98 Å². The van der Waals surface area contributed by atoms with E-state index < -0.39 is 42.6 Å². The third kappa shape index (κ3) is 13.4. The zero-order valence-corrected chi connectivity index (χ0v) is 32.7. The van der Waals surface area contributed by atoms with Crippen LogP contribution in [-0.4, -0.2) is 53.2 Å². The molecular formula is C39H49NO10S3. The largest absolute Gasteiger partial charge is 0.744 e. The molecule has 0 aliphatic heterocycles. The van der Waals surface area contributed by atoms with Crippen LogP contribution < -0.4 is 4.98 Å². The van der Waals surface area contributed by atoms with E-state index in [9.17, 15) is 34.9 Å². The van der Waals surface area contributed by atoms with Crippen molar-refractivity contribution >= 4 is 30.4 Å². The van der Waals surface area contributed by atoms with Crippen molar-refractivity contribution in [3.8, 4) is 0 Å². The standard InChI is InChI=1S/C14H18O3S.C13H18O4S.C7H8O3S.C5H5N/c1-10-2-6-13(7-3-10)18(15,16)17-14-9-11-4-5-12(14)8-11;1-10-6-8-11(9-7-10)18(15,16)17-13-5-3-2-4-12(13)14;1-6-2-4-7(5-3-6)11(8,9)10;1-2-4-6-5-3-1/h2-3,6-7,11-12,14H,4-5,8-9H2,1H3;6-9,12-14H,2-5H2,1H3;2-5H,1H3,(H,8,9,10);1-5H. The zero-order chi connectivity index (χ0) is 38.6. The first kappa shape index (κ1) is 42.2. The maximum atomic E-state index is 12.2. The lowest BCUT2D eigenvalue weighted by Gasteiger charge is -2.26. The van der Waals surface area contributed by atoms with Gasteiger partial charge in [-0.1, -0.05) is 72.0 Å². The Morgan fingerprint density at radius 3 is 1.40 bits per heavy atom. The lowest BCUT2D eigenvalue weighted by Crippen LogP contribution is -2.34. The highest BCUT2D eigenvalue weighted by atomic mass is 32.2. The van der Waals surface area contributed by atoms with Gasteiger partial charge >= 0.3 is 0 Å². The van der Waals surface area contributed by atoms with Crippen LogP contribution >= 0.6 is 0 Å². The molecule has 7 rings (SSSR count). The van der Waals surface area contributed by atoms with Crippen molar-refractivity contribution in [1.29, 1.82) is 0 Å². The smallest absolute Gasteiger partial charge is 0.297 e. The summed E-state index contributed by atoms with van der Waals surface area (Å²) < 4.78 is 90.1. The Bertz CT molecular complexity index is 1940. The molecule has 2 N–H and O–H groups in total. The molecule has 5 unspecified atom stereocenters. The van der Waals surface area contributed by atoms with Crippen LogP contribution in [0, 0.1) is 32.6 Å². The Kier molecular flexibility index (Phi) is 15.3. The second-order valence-electron chi connectivity index (χ2n) is 13.7. The van der Waals surface area contributed by atoms with Gasteiger partial charge in [-0.05, 0) is 108 Å². The number of rotatable bonds is 7. The summed E-state index contributed by atoms with van der Waals surface area (Å²) >= 11 is 0. The molecule has 4 aromatic rings. The number of aryl methyl sites for hydroxylation is 3. The number of aromatic amines is 1. The third-order valence-electron chi connectivity index (χ3n) is 9.38. The molecule has 3 aliphatic rings. The zero-order valence-electron chi connectivity index (χ0n) is 30.2. The van der Waals surface area contributed by atoms with Crippen LogP contribution in [-0.2, 0) is 38.7 Å². The van der Waals surface area contributed by atoms with Crippen molar-refractivity contribution in [2.45, 2.75) is 105 Å². The van der Waals surface area contributed by atoms with Gasteiger partial charge < -0.3 is 9.66 Å². The second-order valence-corrected chi connectivity index (χ2v) is 18.2. The van der Waals surface area contributed by atoms with Gasteiger partial charge in [0, 0.05) is 12.1 Å². The van der Waals surface area contributed by atoms with E-state index in [0.717, 1.165) is 48.8 Å². The fraction of sp³-hybridized carbons (Fsp3) is 0.410. The Labute approximate surface area is 314 Å². The van der Waals surface area contributed by atoms with E-state index in [4.69, 9.17) is 8.37 Å². The van der Waals surface area contributed by atoms with Gasteiger partial charge in [0.15, 0.2) is 12.4 Å². The van der Waals surface area contributed by atoms with Gasteiger partial charge in [-0.25, -0.2) is 13.4 Å². The first-order chi connectivity index (χ1) is 25.0. The van der Waals surface area contributed by atoms with E-state index in [0.29, 0.717) is 24.7 Å². The number of aliphatic hydroxyl groups is 1. The average Bonchev–Trinajstić information content (AvgIpc) is 3.75. The van der Waals surface area contributed by atoms with Gasteiger partial charge in [-0.2, -0.15) is 16.8 Å². The molecule has 0 radical (unpaired) electrons. The molecule has 53 heavy (non-hydrogen) atoms. The Morgan fingerprint density at radius 2 is 1.04 bits per heavy atom. The predicted octanol–water partition coefficient (Wildman–Crippen LogP) is 6.29. The van der Waals surface area contributed by atoms with Gasteiger partial charge in [-0.15, -0.1) is 0 Å². The van der Waals surface area contributed by atoms with Crippen LogP contribution in [0.5, 0.6) is 0 Å². The van der Waals surface area contributed by atoms with Crippen molar-refractivity contribution in [2.75, 3.05) is 0 Å². The van der Waals surface area contributed by atoms with Crippen LogP contribution in [0.2, 0.25) is 0 Å². The van der Waals surface area contributed by atoms with Crippen molar-refractivity contribution in [3.05, 3.63) is 120 Å². The summed E-state index contributed by atoms with van der Waals surface area (Å²) in [6.45, 7) is 5.65. The number of benzene rings is 3. The minimum Gasteiger partial charge on any atom is -0.744 e. The number of hydrogen-bond donors (Lipinski definition) is 1. The molecule has 0 amide bonds. The first-order valence-corrected chi connectivity index (χ1v) is 21.9. The van der Waals surface area contributed by atoms with Crippen LogP contribution in [0.15, 0.2) is 118 Å². The van der Waals surface area contributed by atoms with Gasteiger partial charge in [-0.3, -0.25) is 8.37 Å². The summed E-state index contributed by atoms with van der Waals surface area (Å²) in [5.74, 6) is 1.14. The van der Waals surface area contributed by atoms with Gasteiger partial charge in [0.25, 0.3) is 20.2 Å². The molecule has 3 saturated carbocycles. The molecule has 14 heteroatoms. The molecule has 288 valence electrons.